The van der Waals surface area contributed by atoms with Crippen molar-refractivity contribution in [2.45, 2.75) is 19.4 Å². The molecule has 82 valence electrons. The van der Waals surface area contributed by atoms with E-state index in [0.717, 1.165) is 0 Å². The molecule has 2 atom stereocenters. The second-order valence-corrected chi connectivity index (χ2v) is 3.07. The quantitative estimate of drug-likeness (QED) is 0.422. The molecule has 0 aliphatic heterocycles. The zero-order valence-corrected chi connectivity index (χ0v) is 8.06. The highest BCUT2D eigenvalue weighted by molar-refractivity contribution is 5.78. The third kappa shape index (κ3) is 4.78. The number of carboxylic acid groups (broad SMARTS) is 1. The molecule has 0 aromatic heterocycles. The number of aliphatic carboxylic acids is 1. The smallest absolute Gasteiger partial charge is 0.332 e. The van der Waals surface area contributed by atoms with Crippen LogP contribution in [0.15, 0.2) is 0 Å². The molecule has 0 rings (SSSR count). The van der Waals surface area contributed by atoms with Crippen molar-refractivity contribution in [1.29, 1.82) is 0 Å². The predicted molar refractivity (Wildman–Crippen MR) is 49.5 cm³/mol. The lowest BCUT2D eigenvalue weighted by Crippen LogP contribution is -2.35. The van der Waals surface area contributed by atoms with E-state index >= 15 is 0 Å². The first-order valence-corrected chi connectivity index (χ1v) is 4.37. The van der Waals surface area contributed by atoms with Gasteiger partial charge < -0.3 is 21.3 Å². The van der Waals surface area contributed by atoms with Crippen LogP contribution < -0.4 is 11.1 Å². The van der Waals surface area contributed by atoms with Gasteiger partial charge >= 0.3 is 5.97 Å². The Balaban J connectivity index is 3.64. The Morgan fingerprint density at radius 3 is 2.50 bits per heavy atom. The Labute approximate surface area is 82.1 Å². The van der Waals surface area contributed by atoms with Gasteiger partial charge in [0.1, 0.15) is 0 Å². The average molecular weight is 204 g/mol. The Bertz CT molecular complexity index is 208. The van der Waals surface area contributed by atoms with Crippen LogP contribution in [-0.4, -0.2) is 41.3 Å². The minimum Gasteiger partial charge on any atom is -0.479 e. The minimum atomic E-state index is -1.43. The molecule has 0 heterocycles. The lowest BCUT2D eigenvalue weighted by molar-refractivity contribution is -0.147. The largest absolute Gasteiger partial charge is 0.479 e. The summed E-state index contributed by atoms with van der Waals surface area (Å²) >= 11 is 0. The van der Waals surface area contributed by atoms with Crippen molar-refractivity contribution in [3.8, 4) is 0 Å². The van der Waals surface area contributed by atoms with E-state index in [1.807, 2.05) is 0 Å². The number of aliphatic hydroxyl groups is 1. The van der Waals surface area contributed by atoms with Crippen LogP contribution in [0.2, 0.25) is 0 Å². The van der Waals surface area contributed by atoms with Gasteiger partial charge in [0.25, 0.3) is 0 Å². The van der Waals surface area contributed by atoms with E-state index in [9.17, 15) is 9.59 Å². The summed E-state index contributed by atoms with van der Waals surface area (Å²) in [7, 11) is 0. The van der Waals surface area contributed by atoms with E-state index in [4.69, 9.17) is 15.9 Å². The van der Waals surface area contributed by atoms with Crippen molar-refractivity contribution in [2.75, 3.05) is 13.1 Å². The van der Waals surface area contributed by atoms with Gasteiger partial charge in [-0.3, -0.25) is 4.79 Å². The molecule has 0 aliphatic rings. The first-order chi connectivity index (χ1) is 6.49. The molecule has 0 radical (unpaired) electrons. The maximum absolute atomic E-state index is 11.1. The summed E-state index contributed by atoms with van der Waals surface area (Å²) in [5.74, 6) is -1.81. The van der Waals surface area contributed by atoms with Gasteiger partial charge in [0.2, 0.25) is 5.91 Å². The molecule has 0 saturated carbocycles. The molecule has 0 spiro atoms. The fourth-order valence-corrected chi connectivity index (χ4v) is 0.737. The van der Waals surface area contributed by atoms with Gasteiger partial charge in [-0.1, -0.05) is 6.92 Å². The van der Waals surface area contributed by atoms with Crippen LogP contribution in [0, 0.1) is 5.92 Å². The second-order valence-electron chi connectivity index (χ2n) is 3.07. The molecule has 0 aliphatic carbocycles. The fraction of sp³-hybridized carbons (Fsp3) is 0.750. The van der Waals surface area contributed by atoms with Gasteiger partial charge in [-0.25, -0.2) is 4.79 Å². The molecule has 0 aromatic rings. The van der Waals surface area contributed by atoms with Gasteiger partial charge in [-0.2, -0.15) is 0 Å². The third-order valence-corrected chi connectivity index (χ3v) is 1.80. The Morgan fingerprint density at radius 2 is 2.07 bits per heavy atom. The highest BCUT2D eigenvalue weighted by Crippen LogP contribution is 1.93. The summed E-state index contributed by atoms with van der Waals surface area (Å²) in [4.78, 5) is 21.3. The van der Waals surface area contributed by atoms with Crippen LogP contribution in [-0.2, 0) is 9.59 Å². The molecule has 0 aromatic carbocycles. The summed E-state index contributed by atoms with van der Waals surface area (Å²) in [6.07, 6.45) is -1.43. The molecule has 1 amide bonds. The summed E-state index contributed by atoms with van der Waals surface area (Å²) in [5, 5.41) is 19.7. The monoisotopic (exact) mass is 204 g/mol. The summed E-state index contributed by atoms with van der Waals surface area (Å²) in [6.45, 7) is 2.05. The molecule has 6 heteroatoms. The van der Waals surface area contributed by atoms with Gasteiger partial charge in [-0.05, 0) is 0 Å². The summed E-state index contributed by atoms with van der Waals surface area (Å²) in [5.41, 5.74) is 5.25. The lowest BCUT2D eigenvalue weighted by Gasteiger charge is -2.10. The number of carbonyl (C=O) groups excluding carboxylic acids is 1. The molecular weight excluding hydrogens is 188 g/mol. The van der Waals surface area contributed by atoms with Crippen molar-refractivity contribution in [3.63, 3.8) is 0 Å². The minimum absolute atomic E-state index is 0.00162. The van der Waals surface area contributed by atoms with Gasteiger partial charge in [0, 0.05) is 25.4 Å². The molecule has 0 fully saturated rings. The predicted octanol–water partition coefficient (Wildman–Crippen LogP) is -1.47. The van der Waals surface area contributed by atoms with E-state index in [1.165, 1.54) is 0 Å². The first kappa shape index (κ1) is 12.9. The maximum atomic E-state index is 11.1. The maximum Gasteiger partial charge on any atom is 0.332 e. The van der Waals surface area contributed by atoms with Gasteiger partial charge in [-0.15, -0.1) is 0 Å². The van der Waals surface area contributed by atoms with Crippen molar-refractivity contribution in [3.05, 3.63) is 0 Å². The number of carboxylic acids is 1. The SMILES string of the molecule is CC(CN)C(=O)NCC[C@H](O)C(=O)O. The van der Waals surface area contributed by atoms with E-state index in [-0.39, 0.29) is 31.3 Å². The Morgan fingerprint density at radius 1 is 1.50 bits per heavy atom. The van der Waals surface area contributed by atoms with Gasteiger partial charge in [0.15, 0.2) is 6.10 Å². The van der Waals surface area contributed by atoms with Crippen LogP contribution >= 0.6 is 0 Å². The topological polar surface area (TPSA) is 113 Å². The van der Waals surface area contributed by atoms with E-state index < -0.39 is 12.1 Å². The van der Waals surface area contributed by atoms with Crippen molar-refractivity contribution >= 4 is 11.9 Å². The van der Waals surface area contributed by atoms with Crippen LogP contribution in [0.1, 0.15) is 13.3 Å². The fourth-order valence-electron chi connectivity index (χ4n) is 0.737. The van der Waals surface area contributed by atoms with Crippen LogP contribution in [0.4, 0.5) is 0 Å². The van der Waals surface area contributed by atoms with Crippen LogP contribution in [0.25, 0.3) is 0 Å². The number of carbonyl (C=O) groups is 2. The van der Waals surface area contributed by atoms with Crippen molar-refractivity contribution in [1.82, 2.24) is 5.32 Å². The van der Waals surface area contributed by atoms with E-state index in [2.05, 4.69) is 5.32 Å². The van der Waals surface area contributed by atoms with Gasteiger partial charge in [0.05, 0.1) is 0 Å². The number of nitrogens with one attached hydrogen (secondary N) is 1. The molecule has 14 heavy (non-hydrogen) atoms. The Hall–Kier alpha value is -1.14. The van der Waals surface area contributed by atoms with Crippen LogP contribution in [0.3, 0.4) is 0 Å². The number of aliphatic hydroxyl groups excluding tert-OH is 1. The van der Waals surface area contributed by atoms with Crippen molar-refractivity contribution < 1.29 is 19.8 Å². The zero-order valence-electron chi connectivity index (χ0n) is 8.06. The standard InChI is InChI=1S/C8H16N2O4/c1-5(4-9)7(12)10-3-2-6(11)8(13)14/h5-6,11H,2-4,9H2,1H3,(H,10,12)(H,13,14)/t5?,6-/m0/s1. The number of nitrogens with two attached hydrogens (primary N) is 1. The highest BCUT2D eigenvalue weighted by Gasteiger charge is 2.14. The van der Waals surface area contributed by atoms with Crippen molar-refractivity contribution in [2.24, 2.45) is 11.7 Å². The molecule has 5 N–H and O–H groups in total. The van der Waals surface area contributed by atoms with E-state index in [0.29, 0.717) is 0 Å². The Kier molecular flexibility index (Phi) is 5.82. The molecular formula is C8H16N2O4. The first-order valence-electron chi connectivity index (χ1n) is 4.37. The average Bonchev–Trinajstić information content (AvgIpc) is 2.15. The number of rotatable bonds is 6. The summed E-state index contributed by atoms with van der Waals surface area (Å²) in [6, 6.07) is 0. The van der Waals surface area contributed by atoms with E-state index in [1.54, 1.807) is 6.92 Å². The molecule has 0 bridgehead atoms. The normalized spacial score (nSPS) is 14.5. The molecule has 6 nitrogen and oxygen atoms in total. The third-order valence-electron chi connectivity index (χ3n) is 1.80. The number of hydrogen-bond acceptors (Lipinski definition) is 4. The number of hydrogen-bond donors (Lipinski definition) is 4. The summed E-state index contributed by atoms with van der Waals surface area (Å²) < 4.78 is 0. The molecule has 0 saturated heterocycles. The number of amides is 1. The highest BCUT2D eigenvalue weighted by atomic mass is 16.4. The second kappa shape index (κ2) is 6.33. The zero-order chi connectivity index (χ0) is 11.1. The molecule has 1 unspecified atom stereocenters. The van der Waals surface area contributed by atoms with Crippen LogP contribution in [0.5, 0.6) is 0 Å². The lowest BCUT2D eigenvalue weighted by atomic mass is 10.1.